The zero-order valence-corrected chi connectivity index (χ0v) is 15.2. The Balaban J connectivity index is 1.60. The summed E-state index contributed by atoms with van der Waals surface area (Å²) in [5.74, 6) is 3.14. The molecule has 1 aromatic carbocycles. The number of rotatable bonds is 7. The first kappa shape index (κ1) is 17.4. The normalized spacial score (nSPS) is 19.8. The van der Waals surface area contributed by atoms with Gasteiger partial charge in [0.05, 0.1) is 21.3 Å². The van der Waals surface area contributed by atoms with Crippen LogP contribution in [0.15, 0.2) is 12.1 Å². The Hall–Kier alpha value is -1.46. The fraction of sp³-hybridized carbons (Fsp3) is 0.684. The third-order valence-corrected chi connectivity index (χ3v) is 5.39. The van der Waals surface area contributed by atoms with E-state index in [0.717, 1.165) is 36.9 Å². The summed E-state index contributed by atoms with van der Waals surface area (Å²) in [6.45, 7) is 6.76. The Bertz CT molecular complexity index is 538. The average molecular weight is 334 g/mol. The molecule has 5 nitrogen and oxygen atoms in total. The van der Waals surface area contributed by atoms with Gasteiger partial charge in [0.1, 0.15) is 0 Å². The molecule has 1 saturated carbocycles. The minimum Gasteiger partial charge on any atom is -0.493 e. The molecule has 0 bridgehead atoms. The van der Waals surface area contributed by atoms with E-state index in [9.17, 15) is 0 Å². The number of hydrogen-bond donors (Lipinski definition) is 0. The van der Waals surface area contributed by atoms with Crippen molar-refractivity contribution in [2.45, 2.75) is 25.8 Å². The highest BCUT2D eigenvalue weighted by atomic mass is 16.5. The van der Waals surface area contributed by atoms with E-state index < -0.39 is 0 Å². The molecule has 3 rings (SSSR count). The van der Waals surface area contributed by atoms with Crippen molar-refractivity contribution >= 4 is 0 Å². The zero-order valence-electron chi connectivity index (χ0n) is 15.2. The first-order valence-corrected chi connectivity index (χ1v) is 8.97. The molecule has 1 aliphatic heterocycles. The Kier molecular flexibility index (Phi) is 5.85. The molecule has 134 valence electrons. The van der Waals surface area contributed by atoms with Crippen molar-refractivity contribution in [2.24, 2.45) is 5.92 Å². The molecule has 0 spiro atoms. The van der Waals surface area contributed by atoms with E-state index in [-0.39, 0.29) is 0 Å². The molecule has 2 fully saturated rings. The van der Waals surface area contributed by atoms with Crippen LogP contribution in [0.4, 0.5) is 0 Å². The fourth-order valence-electron chi connectivity index (χ4n) is 3.70. The largest absolute Gasteiger partial charge is 0.493 e. The highest BCUT2D eigenvalue weighted by Crippen LogP contribution is 2.40. The summed E-state index contributed by atoms with van der Waals surface area (Å²) in [4.78, 5) is 5.13. The first-order chi connectivity index (χ1) is 11.7. The second-order valence-corrected chi connectivity index (χ2v) is 6.87. The maximum Gasteiger partial charge on any atom is 0.203 e. The van der Waals surface area contributed by atoms with Crippen LogP contribution in [0, 0.1) is 5.92 Å². The van der Waals surface area contributed by atoms with Crippen LogP contribution in [0.5, 0.6) is 17.2 Å². The van der Waals surface area contributed by atoms with E-state index in [2.05, 4.69) is 15.9 Å². The van der Waals surface area contributed by atoms with Gasteiger partial charge in [-0.2, -0.15) is 0 Å². The molecule has 0 unspecified atom stereocenters. The third-order valence-electron chi connectivity index (χ3n) is 5.39. The lowest BCUT2D eigenvalue weighted by atomic mass is 9.85. The van der Waals surface area contributed by atoms with Gasteiger partial charge in [-0.3, -0.25) is 4.90 Å². The van der Waals surface area contributed by atoms with Gasteiger partial charge in [0, 0.05) is 44.8 Å². The van der Waals surface area contributed by atoms with Gasteiger partial charge in [0.2, 0.25) is 5.75 Å². The number of benzene rings is 1. The fourth-order valence-corrected chi connectivity index (χ4v) is 3.70. The van der Waals surface area contributed by atoms with Gasteiger partial charge in [-0.05, 0) is 24.8 Å². The first-order valence-electron chi connectivity index (χ1n) is 8.97. The molecule has 1 heterocycles. The Morgan fingerprint density at radius 1 is 0.875 bits per heavy atom. The van der Waals surface area contributed by atoms with E-state index in [0.29, 0.717) is 11.5 Å². The van der Waals surface area contributed by atoms with Crippen LogP contribution in [-0.2, 0) is 6.54 Å². The lowest BCUT2D eigenvalue weighted by molar-refractivity contribution is 0.0961. The second-order valence-electron chi connectivity index (χ2n) is 6.87. The lowest BCUT2D eigenvalue weighted by Gasteiger charge is -2.38. The van der Waals surface area contributed by atoms with Gasteiger partial charge in [-0.1, -0.05) is 12.5 Å². The summed E-state index contributed by atoms with van der Waals surface area (Å²) in [7, 11) is 5.00. The topological polar surface area (TPSA) is 34.2 Å². The minimum absolute atomic E-state index is 0.682. The highest BCUT2D eigenvalue weighted by molar-refractivity contribution is 5.55. The maximum absolute atomic E-state index is 5.61. The van der Waals surface area contributed by atoms with E-state index in [4.69, 9.17) is 14.2 Å². The van der Waals surface area contributed by atoms with Crippen LogP contribution >= 0.6 is 0 Å². The molecule has 0 atom stereocenters. The molecule has 5 heteroatoms. The summed E-state index contributed by atoms with van der Waals surface area (Å²) < 4.78 is 16.5. The Morgan fingerprint density at radius 3 is 2.08 bits per heavy atom. The molecule has 0 radical (unpaired) electrons. The number of hydrogen-bond acceptors (Lipinski definition) is 5. The highest BCUT2D eigenvalue weighted by Gasteiger charge is 2.24. The molecule has 1 aromatic rings. The van der Waals surface area contributed by atoms with Crippen LogP contribution in [0.2, 0.25) is 0 Å². The van der Waals surface area contributed by atoms with Crippen molar-refractivity contribution in [2.75, 3.05) is 54.1 Å². The summed E-state index contributed by atoms with van der Waals surface area (Å²) in [5, 5.41) is 0. The standard InChI is InChI=1S/C19H30N2O3/c1-22-17-8-7-16(18(23-2)19(17)24-3)14-21-11-9-20(10-12-21)13-15-5-4-6-15/h7-8,15H,4-6,9-14H2,1-3H3. The van der Waals surface area contributed by atoms with Crippen molar-refractivity contribution in [3.63, 3.8) is 0 Å². The Morgan fingerprint density at radius 2 is 1.54 bits per heavy atom. The summed E-state index contributed by atoms with van der Waals surface area (Å²) >= 11 is 0. The van der Waals surface area contributed by atoms with Gasteiger partial charge in [-0.25, -0.2) is 0 Å². The van der Waals surface area contributed by atoms with Gasteiger partial charge >= 0.3 is 0 Å². The van der Waals surface area contributed by atoms with Crippen molar-refractivity contribution < 1.29 is 14.2 Å². The zero-order chi connectivity index (χ0) is 16.9. The second kappa shape index (κ2) is 8.08. The van der Waals surface area contributed by atoms with Crippen LogP contribution in [0.3, 0.4) is 0 Å². The van der Waals surface area contributed by atoms with Gasteiger partial charge < -0.3 is 19.1 Å². The number of nitrogens with zero attached hydrogens (tertiary/aromatic N) is 2. The Labute approximate surface area is 145 Å². The van der Waals surface area contributed by atoms with E-state index >= 15 is 0 Å². The summed E-state index contributed by atoms with van der Waals surface area (Å²) in [6.07, 6.45) is 4.30. The summed E-state index contributed by atoms with van der Waals surface area (Å²) in [5.41, 5.74) is 1.16. The van der Waals surface area contributed by atoms with Crippen LogP contribution in [-0.4, -0.2) is 63.9 Å². The minimum atomic E-state index is 0.682. The van der Waals surface area contributed by atoms with Crippen LogP contribution in [0.1, 0.15) is 24.8 Å². The molecule has 0 aromatic heterocycles. The predicted octanol–water partition coefficient (Wildman–Crippen LogP) is 2.63. The quantitative estimate of drug-likeness (QED) is 0.766. The van der Waals surface area contributed by atoms with Crippen molar-refractivity contribution in [3.05, 3.63) is 17.7 Å². The number of ether oxygens (including phenoxy) is 3. The number of methoxy groups -OCH3 is 3. The van der Waals surface area contributed by atoms with Gasteiger partial charge in [0.15, 0.2) is 11.5 Å². The third kappa shape index (κ3) is 3.78. The maximum atomic E-state index is 5.61. The number of piperazine rings is 1. The SMILES string of the molecule is COc1ccc(CN2CCN(CC3CCC3)CC2)c(OC)c1OC. The van der Waals surface area contributed by atoms with E-state index in [1.165, 1.54) is 38.9 Å². The molecule has 2 aliphatic rings. The molecule has 24 heavy (non-hydrogen) atoms. The molecular formula is C19H30N2O3. The lowest BCUT2D eigenvalue weighted by Crippen LogP contribution is -2.47. The molecular weight excluding hydrogens is 304 g/mol. The van der Waals surface area contributed by atoms with E-state index in [1.807, 2.05) is 6.07 Å². The smallest absolute Gasteiger partial charge is 0.203 e. The van der Waals surface area contributed by atoms with Gasteiger partial charge in [-0.15, -0.1) is 0 Å². The van der Waals surface area contributed by atoms with Gasteiger partial charge in [0.25, 0.3) is 0 Å². The predicted molar refractivity (Wildman–Crippen MR) is 95.2 cm³/mol. The van der Waals surface area contributed by atoms with Crippen LogP contribution in [0.25, 0.3) is 0 Å². The summed E-state index contributed by atoms with van der Waals surface area (Å²) in [6, 6.07) is 4.05. The van der Waals surface area contributed by atoms with Crippen LogP contribution < -0.4 is 14.2 Å². The van der Waals surface area contributed by atoms with E-state index in [1.54, 1.807) is 21.3 Å². The van der Waals surface area contributed by atoms with Crippen molar-refractivity contribution in [3.8, 4) is 17.2 Å². The average Bonchev–Trinajstić information content (AvgIpc) is 2.58. The van der Waals surface area contributed by atoms with Crippen molar-refractivity contribution in [1.29, 1.82) is 0 Å². The van der Waals surface area contributed by atoms with Crippen molar-refractivity contribution in [1.82, 2.24) is 9.80 Å². The molecule has 1 saturated heterocycles. The molecule has 1 aliphatic carbocycles. The monoisotopic (exact) mass is 334 g/mol. The molecule has 0 amide bonds. The molecule has 0 N–H and O–H groups in total.